The molecule has 0 saturated heterocycles. The zero-order valence-electron chi connectivity index (χ0n) is 30.8. The highest BCUT2D eigenvalue weighted by Crippen LogP contribution is 2.44. The summed E-state index contributed by atoms with van der Waals surface area (Å²) in [6.45, 7) is 0. The quantitative estimate of drug-likeness (QED) is 0.152. The molecule has 0 aliphatic heterocycles. The number of fused-ring (bicyclic) bond motifs is 2. The van der Waals surface area contributed by atoms with Crippen molar-refractivity contribution in [2.75, 3.05) is 4.90 Å². The summed E-state index contributed by atoms with van der Waals surface area (Å²) in [6.07, 6.45) is 0. The summed E-state index contributed by atoms with van der Waals surface area (Å²) < 4.78 is 2.42. The van der Waals surface area contributed by atoms with Gasteiger partial charge in [0.05, 0.1) is 16.9 Å². The average Bonchev–Trinajstić information content (AvgIpc) is 3.63. The Bertz CT molecular complexity index is 2910. The Morgan fingerprint density at radius 3 is 1.50 bits per heavy atom. The molecular formula is C54H38N2. The smallest absolute Gasteiger partial charge is 0.0619 e. The highest BCUT2D eigenvalue weighted by molar-refractivity contribution is 6.07. The van der Waals surface area contributed by atoms with Gasteiger partial charge in [0.2, 0.25) is 0 Å². The van der Waals surface area contributed by atoms with Gasteiger partial charge in [-0.1, -0.05) is 176 Å². The van der Waals surface area contributed by atoms with Crippen molar-refractivity contribution in [2.24, 2.45) is 0 Å². The average molecular weight is 715 g/mol. The molecule has 0 aliphatic carbocycles. The van der Waals surface area contributed by atoms with Crippen LogP contribution in [0.15, 0.2) is 231 Å². The summed E-state index contributed by atoms with van der Waals surface area (Å²) >= 11 is 0. The third kappa shape index (κ3) is 6.04. The minimum atomic E-state index is 1.12. The van der Waals surface area contributed by atoms with E-state index < -0.39 is 0 Å². The van der Waals surface area contributed by atoms with Gasteiger partial charge in [-0.2, -0.15) is 0 Å². The van der Waals surface area contributed by atoms with E-state index in [1.54, 1.807) is 0 Å². The van der Waals surface area contributed by atoms with Crippen molar-refractivity contribution in [3.05, 3.63) is 231 Å². The monoisotopic (exact) mass is 714 g/mol. The van der Waals surface area contributed by atoms with E-state index in [4.69, 9.17) is 0 Å². The molecule has 2 nitrogen and oxygen atoms in total. The fraction of sp³-hybridized carbons (Fsp3) is 0. The maximum absolute atomic E-state index is 2.42. The predicted octanol–water partition coefficient (Wildman–Crippen LogP) is 14.9. The SMILES string of the molecule is c1ccc(-c2c(-c3ccccc3)n(-c3ccccc3)c3ccc(-c4ccc(-c5ccc(N(c6ccccc6)c6cccc7ccccc67)cc5)cc4)cc23)cc1. The maximum Gasteiger partial charge on any atom is 0.0619 e. The van der Waals surface area contributed by atoms with Crippen LogP contribution in [0.3, 0.4) is 0 Å². The van der Waals surface area contributed by atoms with Gasteiger partial charge in [0.15, 0.2) is 0 Å². The third-order valence-electron chi connectivity index (χ3n) is 10.8. The van der Waals surface area contributed by atoms with Crippen molar-refractivity contribution in [2.45, 2.75) is 0 Å². The van der Waals surface area contributed by atoms with Gasteiger partial charge in [0, 0.05) is 33.4 Å². The normalized spacial score (nSPS) is 11.2. The van der Waals surface area contributed by atoms with Crippen LogP contribution in [0.4, 0.5) is 17.1 Å². The van der Waals surface area contributed by atoms with Crippen LogP contribution < -0.4 is 4.90 Å². The Hall–Kier alpha value is -7.42. The molecular weight excluding hydrogens is 677 g/mol. The second kappa shape index (κ2) is 14.4. The van der Waals surface area contributed by atoms with E-state index >= 15 is 0 Å². The highest BCUT2D eigenvalue weighted by Gasteiger charge is 2.22. The fourth-order valence-electron chi connectivity index (χ4n) is 8.15. The second-order valence-corrected chi connectivity index (χ2v) is 14.2. The first-order valence-corrected chi connectivity index (χ1v) is 19.2. The number of hydrogen-bond donors (Lipinski definition) is 0. The molecule has 0 amide bonds. The minimum absolute atomic E-state index is 1.12. The van der Waals surface area contributed by atoms with Gasteiger partial charge < -0.3 is 9.47 Å². The van der Waals surface area contributed by atoms with Gasteiger partial charge in [0.1, 0.15) is 0 Å². The molecule has 10 aromatic rings. The highest BCUT2D eigenvalue weighted by atomic mass is 15.1. The number of rotatable bonds is 8. The summed E-state index contributed by atoms with van der Waals surface area (Å²) in [5.74, 6) is 0. The predicted molar refractivity (Wildman–Crippen MR) is 237 cm³/mol. The van der Waals surface area contributed by atoms with Crippen molar-refractivity contribution >= 4 is 38.7 Å². The summed E-state index contributed by atoms with van der Waals surface area (Å²) in [7, 11) is 0. The minimum Gasteiger partial charge on any atom is -0.310 e. The molecule has 0 bridgehead atoms. The van der Waals surface area contributed by atoms with E-state index in [-0.39, 0.29) is 0 Å². The molecule has 0 aliphatic rings. The first kappa shape index (κ1) is 33.2. The van der Waals surface area contributed by atoms with E-state index in [1.807, 2.05) is 0 Å². The van der Waals surface area contributed by atoms with E-state index in [2.05, 4.69) is 240 Å². The van der Waals surface area contributed by atoms with E-state index in [0.717, 1.165) is 22.7 Å². The number of anilines is 3. The Balaban J connectivity index is 1.03. The van der Waals surface area contributed by atoms with Crippen LogP contribution in [-0.4, -0.2) is 4.57 Å². The van der Waals surface area contributed by atoms with Crippen LogP contribution in [0.25, 0.3) is 72.0 Å². The van der Waals surface area contributed by atoms with Crippen LogP contribution in [0.2, 0.25) is 0 Å². The number of hydrogen-bond acceptors (Lipinski definition) is 1. The Morgan fingerprint density at radius 2 is 0.821 bits per heavy atom. The summed E-state index contributed by atoms with van der Waals surface area (Å²) in [5, 5.41) is 3.68. The van der Waals surface area contributed by atoms with Crippen LogP contribution in [0.1, 0.15) is 0 Å². The summed E-state index contributed by atoms with van der Waals surface area (Å²) in [5.41, 5.74) is 15.3. The number of aromatic nitrogens is 1. The van der Waals surface area contributed by atoms with Gasteiger partial charge in [-0.15, -0.1) is 0 Å². The summed E-state index contributed by atoms with van der Waals surface area (Å²) in [6, 6.07) is 82.9. The third-order valence-corrected chi connectivity index (χ3v) is 10.8. The van der Waals surface area contributed by atoms with Crippen LogP contribution in [0, 0.1) is 0 Å². The molecule has 9 aromatic carbocycles. The molecule has 10 rings (SSSR count). The molecule has 264 valence electrons. The van der Waals surface area contributed by atoms with Gasteiger partial charge in [-0.3, -0.25) is 0 Å². The molecule has 0 unspecified atom stereocenters. The molecule has 1 aromatic heterocycles. The van der Waals surface area contributed by atoms with Gasteiger partial charge >= 0.3 is 0 Å². The fourth-order valence-corrected chi connectivity index (χ4v) is 8.15. The number of benzene rings is 9. The standard InChI is InChI=1S/C54H38N2/c1-5-17-43(18-6-1)53-50-38-45(34-37-52(50)56(47-24-11-4-12-25-47)54(53)44-19-7-2-8-20-44)41-30-28-39(29-31-41)40-32-35-48(36-33-40)55(46-22-9-3-10-23-46)51-27-15-21-42-16-13-14-26-49(42)51/h1-38H. The van der Waals surface area contributed by atoms with Crippen molar-refractivity contribution in [1.82, 2.24) is 4.57 Å². The van der Waals surface area contributed by atoms with Crippen LogP contribution >= 0.6 is 0 Å². The van der Waals surface area contributed by atoms with Crippen molar-refractivity contribution < 1.29 is 0 Å². The lowest BCUT2D eigenvalue weighted by molar-refractivity contribution is 1.13. The van der Waals surface area contributed by atoms with Crippen molar-refractivity contribution in [3.8, 4) is 50.3 Å². The molecule has 0 radical (unpaired) electrons. The number of nitrogens with zero attached hydrogens (tertiary/aromatic N) is 2. The zero-order chi connectivity index (χ0) is 37.3. The Kier molecular flexibility index (Phi) is 8.55. The van der Waals surface area contributed by atoms with Gasteiger partial charge in [-0.25, -0.2) is 0 Å². The molecule has 0 saturated carbocycles. The lowest BCUT2D eigenvalue weighted by Crippen LogP contribution is -2.10. The summed E-state index contributed by atoms with van der Waals surface area (Å²) in [4.78, 5) is 2.35. The molecule has 0 spiro atoms. The largest absolute Gasteiger partial charge is 0.310 e. The van der Waals surface area contributed by atoms with Crippen molar-refractivity contribution in [3.63, 3.8) is 0 Å². The maximum atomic E-state index is 2.42. The lowest BCUT2D eigenvalue weighted by Gasteiger charge is -2.27. The Morgan fingerprint density at radius 1 is 0.321 bits per heavy atom. The van der Waals surface area contributed by atoms with Crippen molar-refractivity contribution in [1.29, 1.82) is 0 Å². The van der Waals surface area contributed by atoms with Crippen LogP contribution in [0.5, 0.6) is 0 Å². The second-order valence-electron chi connectivity index (χ2n) is 14.2. The molecule has 1 heterocycles. The zero-order valence-corrected chi connectivity index (χ0v) is 30.8. The van der Waals surface area contributed by atoms with E-state index in [1.165, 1.54) is 66.3 Å². The molecule has 0 N–H and O–H groups in total. The van der Waals surface area contributed by atoms with Crippen LogP contribution in [-0.2, 0) is 0 Å². The van der Waals surface area contributed by atoms with E-state index in [0.29, 0.717) is 0 Å². The number of para-hydroxylation sites is 2. The first-order valence-electron chi connectivity index (χ1n) is 19.2. The molecule has 56 heavy (non-hydrogen) atoms. The van der Waals surface area contributed by atoms with E-state index in [9.17, 15) is 0 Å². The molecule has 0 atom stereocenters. The first-order chi connectivity index (χ1) is 27.8. The van der Waals surface area contributed by atoms with Gasteiger partial charge in [-0.05, 0) is 93.4 Å². The lowest BCUT2D eigenvalue weighted by atomic mass is 9.95. The molecule has 2 heteroatoms. The topological polar surface area (TPSA) is 8.17 Å². The molecule has 0 fully saturated rings. The van der Waals surface area contributed by atoms with Gasteiger partial charge in [0.25, 0.3) is 0 Å². The Labute approximate surface area is 327 Å².